The summed E-state index contributed by atoms with van der Waals surface area (Å²) >= 11 is 0. The molecule has 82 valence electrons. The largest absolute Gasteiger partial charge is 0.481 e. The van der Waals surface area contributed by atoms with Crippen molar-refractivity contribution in [3.8, 4) is 5.69 Å². The molecule has 0 aliphatic rings. The Morgan fingerprint density at radius 2 is 2.25 bits per heavy atom. The minimum atomic E-state index is -0.890. The molecule has 0 saturated heterocycles. The third-order valence-electron chi connectivity index (χ3n) is 2.19. The number of aromatic nitrogens is 2. The number of imidazole rings is 1. The molecule has 0 atom stereocenters. The smallest absolute Gasteiger partial charge is 0.330 e. The van der Waals surface area contributed by atoms with E-state index in [1.165, 1.54) is 10.8 Å². The van der Waals surface area contributed by atoms with Gasteiger partial charge < -0.3 is 10.1 Å². The van der Waals surface area contributed by atoms with Crippen LogP contribution >= 0.6 is 0 Å². The van der Waals surface area contributed by atoms with Crippen molar-refractivity contribution in [3.05, 3.63) is 52.7 Å². The zero-order chi connectivity index (χ0) is 11.5. The number of aromatic amines is 1. The Kier molecular flexibility index (Phi) is 2.59. The summed E-state index contributed by atoms with van der Waals surface area (Å²) in [5, 5.41) is 8.67. The van der Waals surface area contributed by atoms with Gasteiger partial charge in [0.2, 0.25) is 0 Å². The highest BCUT2D eigenvalue weighted by atomic mass is 16.4. The molecule has 1 aromatic carbocycles. The first kappa shape index (κ1) is 10.2. The summed E-state index contributed by atoms with van der Waals surface area (Å²) in [7, 11) is 0. The molecule has 0 saturated carbocycles. The molecule has 0 fully saturated rings. The number of H-pyrrole nitrogens is 1. The summed E-state index contributed by atoms with van der Waals surface area (Å²) < 4.78 is 1.42. The zero-order valence-corrected chi connectivity index (χ0v) is 8.38. The van der Waals surface area contributed by atoms with Crippen molar-refractivity contribution in [2.24, 2.45) is 0 Å². The highest BCUT2D eigenvalue weighted by molar-refractivity contribution is 5.70. The van der Waals surface area contributed by atoms with Crippen LogP contribution in [0.3, 0.4) is 0 Å². The Balaban J connectivity index is 2.40. The second-order valence-corrected chi connectivity index (χ2v) is 3.38. The van der Waals surface area contributed by atoms with Gasteiger partial charge in [-0.3, -0.25) is 9.36 Å². The SMILES string of the molecule is O=C(O)Cc1cccc(-n2cc[nH]c2=O)c1. The normalized spacial score (nSPS) is 10.2. The van der Waals surface area contributed by atoms with Crippen LogP contribution in [0.25, 0.3) is 5.69 Å². The number of nitrogens with zero attached hydrogens (tertiary/aromatic N) is 1. The van der Waals surface area contributed by atoms with Crippen molar-refractivity contribution < 1.29 is 9.90 Å². The highest BCUT2D eigenvalue weighted by Crippen LogP contribution is 2.09. The number of nitrogens with one attached hydrogen (secondary N) is 1. The summed E-state index contributed by atoms with van der Waals surface area (Å²) in [6, 6.07) is 6.88. The van der Waals surface area contributed by atoms with E-state index < -0.39 is 5.97 Å². The second kappa shape index (κ2) is 4.06. The Hall–Kier alpha value is -2.30. The van der Waals surface area contributed by atoms with Gasteiger partial charge in [0.1, 0.15) is 0 Å². The predicted molar refractivity (Wildman–Crippen MR) is 57.7 cm³/mol. The van der Waals surface area contributed by atoms with Gasteiger partial charge in [0.25, 0.3) is 0 Å². The Bertz CT molecular complexity index is 568. The summed E-state index contributed by atoms with van der Waals surface area (Å²) in [5.41, 5.74) is 1.08. The van der Waals surface area contributed by atoms with Crippen molar-refractivity contribution in [1.82, 2.24) is 9.55 Å². The molecule has 0 radical (unpaired) electrons. The van der Waals surface area contributed by atoms with E-state index >= 15 is 0 Å². The van der Waals surface area contributed by atoms with E-state index in [0.29, 0.717) is 11.3 Å². The monoisotopic (exact) mass is 218 g/mol. The molecule has 0 bridgehead atoms. The molecule has 1 aromatic heterocycles. The average molecular weight is 218 g/mol. The third-order valence-corrected chi connectivity index (χ3v) is 2.19. The van der Waals surface area contributed by atoms with Crippen LogP contribution in [0.4, 0.5) is 0 Å². The molecule has 5 nitrogen and oxygen atoms in total. The Morgan fingerprint density at radius 3 is 2.88 bits per heavy atom. The topological polar surface area (TPSA) is 75.1 Å². The molecule has 2 rings (SSSR count). The number of hydrogen-bond acceptors (Lipinski definition) is 2. The number of aliphatic carboxylic acids is 1. The lowest BCUT2D eigenvalue weighted by Gasteiger charge is -2.03. The van der Waals surface area contributed by atoms with Crippen molar-refractivity contribution in [2.75, 3.05) is 0 Å². The fourth-order valence-corrected chi connectivity index (χ4v) is 1.51. The van der Waals surface area contributed by atoms with Gasteiger partial charge in [0, 0.05) is 12.4 Å². The minimum absolute atomic E-state index is 0.0486. The van der Waals surface area contributed by atoms with E-state index in [-0.39, 0.29) is 12.1 Å². The van der Waals surface area contributed by atoms with E-state index in [2.05, 4.69) is 4.98 Å². The molecule has 0 unspecified atom stereocenters. The summed E-state index contributed by atoms with van der Waals surface area (Å²) in [6.45, 7) is 0. The first-order chi connectivity index (χ1) is 7.66. The van der Waals surface area contributed by atoms with Crippen LogP contribution in [0, 0.1) is 0 Å². The third kappa shape index (κ3) is 2.03. The van der Waals surface area contributed by atoms with E-state index in [0.717, 1.165) is 0 Å². The maximum atomic E-state index is 11.3. The summed E-state index contributed by atoms with van der Waals surface area (Å²) in [4.78, 5) is 24.4. The van der Waals surface area contributed by atoms with Gasteiger partial charge in [0.05, 0.1) is 12.1 Å². The Labute approximate surface area is 91.0 Å². The van der Waals surface area contributed by atoms with Gasteiger partial charge in [-0.2, -0.15) is 0 Å². The van der Waals surface area contributed by atoms with Gasteiger partial charge in [-0.1, -0.05) is 12.1 Å². The molecular formula is C11H10N2O3. The lowest BCUT2D eigenvalue weighted by molar-refractivity contribution is -0.136. The van der Waals surface area contributed by atoms with Crippen molar-refractivity contribution in [3.63, 3.8) is 0 Å². The molecule has 0 amide bonds. The van der Waals surface area contributed by atoms with Crippen LogP contribution in [-0.2, 0) is 11.2 Å². The molecule has 1 heterocycles. The summed E-state index contributed by atoms with van der Waals surface area (Å²) in [5.74, 6) is -0.890. The molecule has 5 heteroatoms. The van der Waals surface area contributed by atoms with Crippen LogP contribution in [0.1, 0.15) is 5.56 Å². The lowest BCUT2D eigenvalue weighted by Crippen LogP contribution is -2.14. The van der Waals surface area contributed by atoms with E-state index in [1.54, 1.807) is 30.5 Å². The predicted octanol–water partition coefficient (Wildman–Crippen LogP) is 0.793. The Morgan fingerprint density at radius 1 is 1.44 bits per heavy atom. The summed E-state index contributed by atoms with van der Waals surface area (Å²) in [6.07, 6.45) is 3.08. The number of benzene rings is 1. The molecule has 0 aliphatic carbocycles. The van der Waals surface area contributed by atoms with Gasteiger partial charge >= 0.3 is 11.7 Å². The van der Waals surface area contributed by atoms with Crippen molar-refractivity contribution in [1.29, 1.82) is 0 Å². The van der Waals surface area contributed by atoms with Crippen LogP contribution < -0.4 is 5.69 Å². The van der Waals surface area contributed by atoms with Gasteiger partial charge in [0.15, 0.2) is 0 Å². The van der Waals surface area contributed by atoms with E-state index in [1.807, 2.05) is 0 Å². The molecular weight excluding hydrogens is 208 g/mol. The molecule has 0 aliphatic heterocycles. The number of hydrogen-bond donors (Lipinski definition) is 2. The van der Waals surface area contributed by atoms with Crippen LogP contribution in [0.2, 0.25) is 0 Å². The first-order valence-corrected chi connectivity index (χ1v) is 4.74. The quantitative estimate of drug-likeness (QED) is 0.799. The molecule has 2 aromatic rings. The number of carbonyl (C=O) groups is 1. The maximum Gasteiger partial charge on any atom is 0.330 e. The van der Waals surface area contributed by atoms with Crippen molar-refractivity contribution >= 4 is 5.97 Å². The van der Waals surface area contributed by atoms with Gasteiger partial charge in [-0.25, -0.2) is 4.79 Å². The standard InChI is InChI=1S/C11H10N2O3/c14-10(15)7-8-2-1-3-9(6-8)13-5-4-12-11(13)16/h1-6H,7H2,(H,12,16)(H,14,15). The van der Waals surface area contributed by atoms with Crippen molar-refractivity contribution in [2.45, 2.75) is 6.42 Å². The lowest BCUT2D eigenvalue weighted by atomic mass is 10.1. The zero-order valence-electron chi connectivity index (χ0n) is 8.38. The number of rotatable bonds is 3. The fourth-order valence-electron chi connectivity index (χ4n) is 1.51. The molecule has 16 heavy (non-hydrogen) atoms. The molecule has 2 N–H and O–H groups in total. The van der Waals surface area contributed by atoms with Crippen LogP contribution in [0.15, 0.2) is 41.5 Å². The average Bonchev–Trinajstić information content (AvgIpc) is 2.64. The first-order valence-electron chi connectivity index (χ1n) is 4.74. The van der Waals surface area contributed by atoms with Crippen LogP contribution in [-0.4, -0.2) is 20.6 Å². The fraction of sp³-hybridized carbons (Fsp3) is 0.0909. The van der Waals surface area contributed by atoms with Gasteiger partial charge in [-0.15, -0.1) is 0 Å². The maximum absolute atomic E-state index is 11.3. The molecule has 0 spiro atoms. The van der Waals surface area contributed by atoms with Gasteiger partial charge in [-0.05, 0) is 17.7 Å². The second-order valence-electron chi connectivity index (χ2n) is 3.38. The number of carboxylic acid groups (broad SMARTS) is 1. The number of carboxylic acids is 1. The van der Waals surface area contributed by atoms with E-state index in [9.17, 15) is 9.59 Å². The minimum Gasteiger partial charge on any atom is -0.481 e. The van der Waals surface area contributed by atoms with Crippen LogP contribution in [0.5, 0.6) is 0 Å². The van der Waals surface area contributed by atoms with E-state index in [4.69, 9.17) is 5.11 Å². The highest BCUT2D eigenvalue weighted by Gasteiger charge is 2.03.